The van der Waals surface area contributed by atoms with E-state index < -0.39 is 5.82 Å². The Hall–Kier alpha value is -3.10. The van der Waals surface area contributed by atoms with Gasteiger partial charge in [-0.1, -0.05) is 11.6 Å². The molecule has 7 nitrogen and oxygen atoms in total. The van der Waals surface area contributed by atoms with E-state index in [2.05, 4.69) is 15.1 Å². The molecule has 152 valence electrons. The van der Waals surface area contributed by atoms with E-state index in [1.165, 1.54) is 6.07 Å². The minimum absolute atomic E-state index is 0.147. The second-order valence-electron chi connectivity index (χ2n) is 7.12. The lowest BCUT2D eigenvalue weighted by molar-refractivity contribution is 0.0392. The van der Waals surface area contributed by atoms with E-state index in [1.807, 2.05) is 24.2 Å². The van der Waals surface area contributed by atoms with Crippen molar-refractivity contribution in [3.05, 3.63) is 65.3 Å². The molecule has 1 fully saturated rings. The lowest BCUT2D eigenvalue weighted by Crippen LogP contribution is -2.39. The first-order valence-corrected chi connectivity index (χ1v) is 9.89. The van der Waals surface area contributed by atoms with Gasteiger partial charge in [0.1, 0.15) is 11.9 Å². The van der Waals surface area contributed by atoms with E-state index in [0.717, 1.165) is 5.56 Å². The molecule has 4 heterocycles. The number of fused-ring (bicyclic) bond motifs is 1. The average Bonchev–Trinajstić information content (AvgIpc) is 3.20. The molecule has 0 amide bonds. The molecule has 0 radical (unpaired) electrons. The summed E-state index contributed by atoms with van der Waals surface area (Å²) in [4.78, 5) is 15.8. The van der Waals surface area contributed by atoms with Gasteiger partial charge in [0.05, 0.1) is 25.0 Å². The first-order chi connectivity index (χ1) is 14.6. The third-order valence-corrected chi connectivity index (χ3v) is 5.33. The van der Waals surface area contributed by atoms with Gasteiger partial charge in [0.15, 0.2) is 5.65 Å². The van der Waals surface area contributed by atoms with Gasteiger partial charge in [0, 0.05) is 47.5 Å². The van der Waals surface area contributed by atoms with Gasteiger partial charge in [-0.3, -0.25) is 4.68 Å². The molecule has 0 saturated carbocycles. The number of nitrogens with zero attached hydrogens (tertiary/aromatic N) is 6. The van der Waals surface area contributed by atoms with Crippen LogP contribution in [-0.4, -0.2) is 44.4 Å². The van der Waals surface area contributed by atoms with E-state index in [1.54, 1.807) is 35.3 Å². The summed E-state index contributed by atoms with van der Waals surface area (Å²) in [6.45, 7) is 1.71. The molecule has 1 aliphatic rings. The zero-order valence-electron chi connectivity index (χ0n) is 16.2. The maximum atomic E-state index is 14.7. The summed E-state index contributed by atoms with van der Waals surface area (Å²) in [5, 5.41) is 5.24. The van der Waals surface area contributed by atoms with Crippen LogP contribution in [0.25, 0.3) is 22.3 Å². The predicted molar refractivity (Wildman–Crippen MR) is 112 cm³/mol. The zero-order chi connectivity index (χ0) is 20.7. The Labute approximate surface area is 177 Å². The normalized spacial score (nSPS) is 16.9. The highest BCUT2D eigenvalue weighted by Gasteiger charge is 2.26. The van der Waals surface area contributed by atoms with Crippen LogP contribution in [-0.2, 0) is 11.8 Å². The van der Waals surface area contributed by atoms with Gasteiger partial charge in [0.25, 0.3) is 0 Å². The number of anilines is 1. The second kappa shape index (κ2) is 7.62. The number of halogens is 2. The van der Waals surface area contributed by atoms with Crippen molar-refractivity contribution in [2.75, 3.05) is 24.6 Å². The minimum Gasteiger partial charge on any atom is -0.370 e. The van der Waals surface area contributed by atoms with E-state index in [4.69, 9.17) is 21.3 Å². The molecule has 30 heavy (non-hydrogen) atoms. The Morgan fingerprint density at radius 3 is 2.93 bits per heavy atom. The molecule has 0 bridgehead atoms. The van der Waals surface area contributed by atoms with E-state index in [-0.39, 0.29) is 6.10 Å². The first-order valence-electron chi connectivity index (χ1n) is 9.52. The fourth-order valence-corrected chi connectivity index (χ4v) is 3.78. The van der Waals surface area contributed by atoms with Crippen molar-refractivity contribution in [3.8, 4) is 11.3 Å². The molecule has 1 saturated heterocycles. The van der Waals surface area contributed by atoms with Crippen LogP contribution in [0.15, 0.2) is 48.9 Å². The highest BCUT2D eigenvalue weighted by atomic mass is 35.5. The van der Waals surface area contributed by atoms with Crippen LogP contribution in [0, 0.1) is 5.82 Å². The van der Waals surface area contributed by atoms with Crippen LogP contribution in [0.3, 0.4) is 0 Å². The van der Waals surface area contributed by atoms with Crippen LogP contribution in [0.5, 0.6) is 0 Å². The third-order valence-electron chi connectivity index (χ3n) is 5.09. The van der Waals surface area contributed by atoms with E-state index in [9.17, 15) is 4.39 Å². The predicted octanol–water partition coefficient (Wildman–Crippen LogP) is 3.80. The molecule has 0 unspecified atom stereocenters. The Morgan fingerprint density at radius 1 is 1.23 bits per heavy atom. The summed E-state index contributed by atoms with van der Waals surface area (Å²) < 4.78 is 22.4. The zero-order valence-corrected chi connectivity index (χ0v) is 16.9. The molecule has 0 spiro atoms. The maximum Gasteiger partial charge on any atom is 0.228 e. The van der Waals surface area contributed by atoms with Crippen LogP contribution in [0.1, 0.15) is 11.7 Å². The number of hydrogen-bond donors (Lipinski definition) is 0. The molecule has 3 aromatic heterocycles. The molecule has 0 N–H and O–H groups in total. The summed E-state index contributed by atoms with van der Waals surface area (Å²) in [7, 11) is 1.87. The lowest BCUT2D eigenvalue weighted by Gasteiger charge is -2.32. The molecule has 4 aromatic rings. The number of rotatable bonds is 3. The van der Waals surface area contributed by atoms with Crippen molar-refractivity contribution >= 4 is 28.6 Å². The number of hydrogen-bond acceptors (Lipinski definition) is 6. The highest BCUT2D eigenvalue weighted by Crippen LogP contribution is 2.32. The number of aryl methyl sites for hydroxylation is 1. The second-order valence-corrected chi connectivity index (χ2v) is 7.56. The van der Waals surface area contributed by atoms with Gasteiger partial charge < -0.3 is 9.64 Å². The molecule has 1 aromatic carbocycles. The smallest absolute Gasteiger partial charge is 0.228 e. The number of benzene rings is 1. The molecule has 5 rings (SSSR count). The van der Waals surface area contributed by atoms with E-state index >= 15 is 0 Å². The van der Waals surface area contributed by atoms with Gasteiger partial charge in [-0.2, -0.15) is 10.1 Å². The van der Waals surface area contributed by atoms with Gasteiger partial charge in [0.2, 0.25) is 5.95 Å². The molecule has 1 aliphatic heterocycles. The Bertz CT molecular complexity index is 1230. The van der Waals surface area contributed by atoms with Gasteiger partial charge in [-0.25, -0.2) is 14.4 Å². The number of morpholine rings is 1. The third kappa shape index (κ3) is 3.48. The Morgan fingerprint density at radius 2 is 2.13 bits per heavy atom. The largest absolute Gasteiger partial charge is 0.370 e. The van der Waals surface area contributed by atoms with Crippen molar-refractivity contribution in [1.82, 2.24) is 24.7 Å². The monoisotopic (exact) mass is 424 g/mol. The molecule has 1 atom stereocenters. The number of pyridine rings is 1. The molecular formula is C21H18ClFN6O. The Balaban J connectivity index is 1.58. The topological polar surface area (TPSA) is 69.0 Å². The van der Waals surface area contributed by atoms with Crippen molar-refractivity contribution in [2.24, 2.45) is 7.05 Å². The van der Waals surface area contributed by atoms with Gasteiger partial charge in [-0.05, 0) is 30.3 Å². The summed E-state index contributed by atoms with van der Waals surface area (Å²) in [6, 6.07) is 8.20. The van der Waals surface area contributed by atoms with Crippen molar-refractivity contribution in [3.63, 3.8) is 0 Å². The number of ether oxygens (including phenoxy) is 1. The average molecular weight is 425 g/mol. The van der Waals surface area contributed by atoms with Crippen LogP contribution >= 0.6 is 11.6 Å². The minimum atomic E-state index is -0.437. The SMILES string of the molecule is Cn1cc([C@@H]2CN(c3nc(-c4ccc(Cl)cc4F)c4cccnc4n3)CCO2)cn1. The molecule has 0 aliphatic carbocycles. The summed E-state index contributed by atoms with van der Waals surface area (Å²) in [6.07, 6.45) is 5.25. The van der Waals surface area contributed by atoms with Crippen molar-refractivity contribution in [2.45, 2.75) is 6.10 Å². The number of aromatic nitrogens is 5. The van der Waals surface area contributed by atoms with Crippen LogP contribution < -0.4 is 4.90 Å². The summed E-state index contributed by atoms with van der Waals surface area (Å²) in [5.74, 6) is 0.0512. The molecular weight excluding hydrogens is 407 g/mol. The van der Waals surface area contributed by atoms with Crippen LogP contribution in [0.4, 0.5) is 10.3 Å². The fourth-order valence-electron chi connectivity index (χ4n) is 3.62. The van der Waals surface area contributed by atoms with Crippen molar-refractivity contribution in [1.29, 1.82) is 0 Å². The standard InChI is InChI=1S/C21H18ClFN6O/c1-28-11-13(10-25-28)18-12-29(7-8-30-18)21-26-19(15-5-4-14(22)9-17(15)23)16-3-2-6-24-20(16)27-21/h2-6,9-11,18H,7-8,12H2,1H3/t18-/m0/s1. The fraction of sp³-hybridized carbons (Fsp3) is 0.238. The summed E-state index contributed by atoms with van der Waals surface area (Å²) >= 11 is 5.94. The first kappa shape index (κ1) is 18.9. The summed E-state index contributed by atoms with van der Waals surface area (Å²) in [5.41, 5.74) is 2.35. The maximum absolute atomic E-state index is 14.7. The van der Waals surface area contributed by atoms with Crippen LogP contribution in [0.2, 0.25) is 5.02 Å². The van der Waals surface area contributed by atoms with Crippen molar-refractivity contribution < 1.29 is 9.13 Å². The van der Waals surface area contributed by atoms with Gasteiger partial charge in [-0.15, -0.1) is 0 Å². The molecule has 9 heteroatoms. The quantitative estimate of drug-likeness (QED) is 0.498. The van der Waals surface area contributed by atoms with E-state index in [0.29, 0.717) is 53.0 Å². The lowest BCUT2D eigenvalue weighted by atomic mass is 10.1. The Kier molecular flexibility index (Phi) is 4.80. The highest BCUT2D eigenvalue weighted by molar-refractivity contribution is 6.30. The van der Waals surface area contributed by atoms with Gasteiger partial charge >= 0.3 is 0 Å².